The van der Waals surface area contributed by atoms with E-state index in [-0.39, 0.29) is 21.3 Å². The third kappa shape index (κ3) is 0.933. The first-order valence-electron chi connectivity index (χ1n) is 2.84. The summed E-state index contributed by atoms with van der Waals surface area (Å²) < 4.78 is 6.64. The molecule has 1 aromatic carbocycles. The van der Waals surface area contributed by atoms with E-state index in [0.717, 1.165) is 5.75 Å². The zero-order chi connectivity index (χ0) is 6.10. The van der Waals surface area contributed by atoms with Gasteiger partial charge in [0.15, 0.2) is 0 Å². The van der Waals surface area contributed by atoms with Gasteiger partial charge in [0.1, 0.15) is 0 Å². The van der Waals surface area contributed by atoms with E-state index in [9.17, 15) is 0 Å². The summed E-state index contributed by atoms with van der Waals surface area (Å²) in [5, 5.41) is 0. The van der Waals surface area contributed by atoms with E-state index < -0.39 is 0 Å². The van der Waals surface area contributed by atoms with Crippen LogP contribution in [0.5, 0.6) is 5.75 Å². The topological polar surface area (TPSA) is 9.23 Å². The summed E-state index contributed by atoms with van der Waals surface area (Å²) >= 11 is -0.142. The van der Waals surface area contributed by atoms with Gasteiger partial charge in [-0.2, -0.15) is 0 Å². The van der Waals surface area contributed by atoms with Crippen LogP contribution in [0.15, 0.2) is 24.3 Å². The van der Waals surface area contributed by atoms with Crippen molar-refractivity contribution in [2.45, 2.75) is 4.47 Å². The van der Waals surface area contributed by atoms with E-state index in [1.165, 1.54) is 10.0 Å². The second-order valence-corrected chi connectivity index (χ2v) is 3.93. The molecule has 0 spiro atoms. The zero-order valence-corrected chi connectivity index (χ0v) is 7.16. The molecule has 1 nitrogen and oxygen atoms in total. The molecule has 0 fully saturated rings. The molecule has 2 rings (SSSR count). The predicted molar refractivity (Wildman–Crippen MR) is 36.5 cm³/mol. The molecular weight excluding hydrogens is 228 g/mol. The van der Waals surface area contributed by atoms with Crippen LogP contribution in [0.1, 0.15) is 5.56 Å². The van der Waals surface area contributed by atoms with Crippen LogP contribution in [0.2, 0.25) is 0 Å². The Morgan fingerprint density at radius 3 is 3.11 bits per heavy atom. The number of benzene rings is 1. The molecule has 0 N–H and O–H groups in total. The van der Waals surface area contributed by atoms with Gasteiger partial charge in [-0.05, 0) is 0 Å². The van der Waals surface area contributed by atoms with Crippen molar-refractivity contribution in [1.82, 2.24) is 0 Å². The number of hydrogen-bond donors (Lipinski definition) is 0. The maximum absolute atomic E-state index is 5.43. The summed E-state index contributed by atoms with van der Waals surface area (Å²) in [6, 6.07) is 8.29. The van der Waals surface area contributed by atoms with Crippen molar-refractivity contribution in [2.75, 3.05) is 0 Å². The third-order valence-corrected chi connectivity index (χ3v) is 3.41. The standard InChI is InChI=1S/C7H6OTe/c1-2-4-7-6(3-1)5-9-8-7/h1-4H,5H2. The van der Waals surface area contributed by atoms with Gasteiger partial charge >= 0.3 is 64.5 Å². The molecule has 46 valence electrons. The van der Waals surface area contributed by atoms with Crippen molar-refractivity contribution < 1.29 is 3.10 Å². The normalized spacial score (nSPS) is 14.7. The van der Waals surface area contributed by atoms with Crippen LogP contribution in [0.3, 0.4) is 0 Å². The molecule has 0 radical (unpaired) electrons. The van der Waals surface area contributed by atoms with Gasteiger partial charge in [-0.25, -0.2) is 0 Å². The summed E-state index contributed by atoms with van der Waals surface area (Å²) in [7, 11) is 0. The van der Waals surface area contributed by atoms with Crippen molar-refractivity contribution in [1.29, 1.82) is 0 Å². The number of fused-ring (bicyclic) bond motifs is 1. The van der Waals surface area contributed by atoms with E-state index in [1.807, 2.05) is 12.1 Å². The molecule has 0 saturated carbocycles. The van der Waals surface area contributed by atoms with E-state index in [0.29, 0.717) is 0 Å². The van der Waals surface area contributed by atoms with Crippen LogP contribution >= 0.6 is 0 Å². The molecule has 0 atom stereocenters. The summed E-state index contributed by atoms with van der Waals surface area (Å²) in [4.78, 5) is 0. The molecule has 0 bridgehead atoms. The first kappa shape index (κ1) is 5.58. The fourth-order valence-electron chi connectivity index (χ4n) is 0.861. The van der Waals surface area contributed by atoms with Crippen LogP contribution in [0, 0.1) is 0 Å². The predicted octanol–water partition coefficient (Wildman–Crippen LogP) is 1.20. The minimum absolute atomic E-state index is 0.142. The van der Waals surface area contributed by atoms with Gasteiger partial charge in [0, 0.05) is 0 Å². The summed E-state index contributed by atoms with van der Waals surface area (Å²) in [6.07, 6.45) is 0. The molecule has 2 heteroatoms. The van der Waals surface area contributed by atoms with E-state index in [1.54, 1.807) is 0 Å². The van der Waals surface area contributed by atoms with Crippen molar-refractivity contribution in [3.63, 3.8) is 0 Å². The summed E-state index contributed by atoms with van der Waals surface area (Å²) in [6.45, 7) is 0. The van der Waals surface area contributed by atoms with Crippen molar-refractivity contribution >= 4 is 21.3 Å². The Balaban J connectivity index is 2.54. The molecule has 1 aromatic rings. The first-order valence-corrected chi connectivity index (χ1v) is 5.44. The van der Waals surface area contributed by atoms with Crippen LogP contribution in [-0.4, -0.2) is 21.3 Å². The Morgan fingerprint density at radius 2 is 2.22 bits per heavy atom. The van der Waals surface area contributed by atoms with Crippen LogP contribution in [0.25, 0.3) is 0 Å². The third-order valence-electron chi connectivity index (χ3n) is 1.34. The Kier molecular flexibility index (Phi) is 1.37. The molecule has 0 aromatic heterocycles. The van der Waals surface area contributed by atoms with Gasteiger partial charge in [0.25, 0.3) is 0 Å². The number of hydrogen-bond acceptors (Lipinski definition) is 1. The molecule has 0 aliphatic carbocycles. The van der Waals surface area contributed by atoms with Crippen molar-refractivity contribution in [3.8, 4) is 5.75 Å². The molecule has 1 aliphatic heterocycles. The van der Waals surface area contributed by atoms with Gasteiger partial charge in [-0.15, -0.1) is 0 Å². The van der Waals surface area contributed by atoms with Crippen LogP contribution < -0.4 is 3.10 Å². The number of rotatable bonds is 0. The molecule has 1 heterocycles. The van der Waals surface area contributed by atoms with E-state index >= 15 is 0 Å². The zero-order valence-electron chi connectivity index (χ0n) is 4.83. The average molecular weight is 234 g/mol. The fraction of sp³-hybridized carbons (Fsp3) is 0.143. The first-order chi connectivity index (χ1) is 4.47. The Morgan fingerprint density at radius 1 is 1.33 bits per heavy atom. The van der Waals surface area contributed by atoms with Crippen LogP contribution in [-0.2, 0) is 4.47 Å². The van der Waals surface area contributed by atoms with E-state index in [2.05, 4.69) is 12.1 Å². The second-order valence-electron chi connectivity index (χ2n) is 1.95. The van der Waals surface area contributed by atoms with Gasteiger partial charge in [-0.3, -0.25) is 0 Å². The molecule has 0 unspecified atom stereocenters. The fourth-order valence-corrected chi connectivity index (χ4v) is 2.90. The van der Waals surface area contributed by atoms with Gasteiger partial charge in [-0.1, -0.05) is 0 Å². The Hall–Kier alpha value is -0.190. The minimum atomic E-state index is -0.142. The van der Waals surface area contributed by atoms with Crippen molar-refractivity contribution in [2.24, 2.45) is 0 Å². The van der Waals surface area contributed by atoms with Crippen molar-refractivity contribution in [3.05, 3.63) is 29.8 Å². The quantitative estimate of drug-likeness (QED) is 0.612. The van der Waals surface area contributed by atoms with E-state index in [4.69, 9.17) is 3.10 Å². The molecule has 0 saturated heterocycles. The monoisotopic (exact) mass is 236 g/mol. The number of para-hydroxylation sites is 1. The maximum atomic E-state index is 5.43. The molecule has 1 aliphatic rings. The molecule has 9 heavy (non-hydrogen) atoms. The second kappa shape index (κ2) is 2.21. The molecular formula is C7H6OTe. The van der Waals surface area contributed by atoms with Gasteiger partial charge in [0.2, 0.25) is 0 Å². The summed E-state index contributed by atoms with van der Waals surface area (Å²) in [5.41, 5.74) is 1.40. The van der Waals surface area contributed by atoms with Crippen LogP contribution in [0.4, 0.5) is 0 Å². The summed E-state index contributed by atoms with van der Waals surface area (Å²) in [5.74, 6) is 1.12. The van der Waals surface area contributed by atoms with Gasteiger partial charge < -0.3 is 0 Å². The Labute approximate surface area is 64.6 Å². The SMILES string of the molecule is c1ccc2c(c1)C[Te]O2. The molecule has 0 amide bonds. The average Bonchev–Trinajstić information content (AvgIpc) is 2.33. The van der Waals surface area contributed by atoms with Gasteiger partial charge in [0.05, 0.1) is 0 Å². The Bertz CT molecular complexity index is 199.